The summed E-state index contributed by atoms with van der Waals surface area (Å²) < 4.78 is 6.60. The van der Waals surface area contributed by atoms with Gasteiger partial charge in [-0.3, -0.25) is 4.57 Å². The van der Waals surface area contributed by atoms with Crippen LogP contribution in [0.2, 0.25) is 0 Å². The maximum Gasteiger partial charge on any atom is 0.419 e. The van der Waals surface area contributed by atoms with E-state index in [4.69, 9.17) is 10.2 Å². The molecule has 0 aliphatic heterocycles. The first-order valence-corrected chi connectivity index (χ1v) is 6.37. The van der Waals surface area contributed by atoms with Crippen LogP contribution in [0.3, 0.4) is 0 Å². The van der Waals surface area contributed by atoms with Crippen LogP contribution in [0.15, 0.2) is 27.4 Å². The lowest BCUT2D eigenvalue weighted by atomic mass is 10.1. The van der Waals surface area contributed by atoms with Crippen LogP contribution in [0.4, 0.5) is 0 Å². The number of fused-ring (bicyclic) bond motifs is 1. The smallest absolute Gasteiger partial charge is 0.408 e. The Morgan fingerprint density at radius 1 is 1.56 bits per heavy atom. The topological polar surface area (TPSA) is 61.2 Å². The molecule has 0 aliphatic carbocycles. The Kier molecular flexibility index (Phi) is 3.07. The van der Waals surface area contributed by atoms with Gasteiger partial charge in [0.05, 0.1) is 5.52 Å². The van der Waals surface area contributed by atoms with Gasteiger partial charge in [0.15, 0.2) is 5.58 Å². The van der Waals surface area contributed by atoms with E-state index >= 15 is 0 Å². The van der Waals surface area contributed by atoms with Gasteiger partial charge >= 0.3 is 5.76 Å². The Hall–Kier alpha value is -1.20. The highest BCUT2D eigenvalue weighted by Crippen LogP contribution is 2.20. The van der Waals surface area contributed by atoms with Crippen molar-refractivity contribution in [2.45, 2.75) is 6.04 Å². The van der Waals surface area contributed by atoms with Gasteiger partial charge in [-0.2, -0.15) is 11.8 Å². The van der Waals surface area contributed by atoms with E-state index in [9.17, 15) is 4.79 Å². The molecule has 0 fully saturated rings. The van der Waals surface area contributed by atoms with Gasteiger partial charge in [-0.05, 0) is 24.0 Å². The standard InChI is InChI=1S/C11H14N2O2S/c1-13-9-4-3-7(8(12)6-16-2)5-10(9)15-11(13)14/h3-5,8H,6,12H2,1-2H3. The minimum atomic E-state index is -0.342. The van der Waals surface area contributed by atoms with Gasteiger partial charge in [0, 0.05) is 18.8 Å². The minimum absolute atomic E-state index is 0.0232. The van der Waals surface area contributed by atoms with E-state index < -0.39 is 0 Å². The van der Waals surface area contributed by atoms with Crippen molar-refractivity contribution in [3.63, 3.8) is 0 Å². The molecule has 0 spiro atoms. The molecule has 2 aromatic rings. The summed E-state index contributed by atoms with van der Waals surface area (Å²) in [5, 5.41) is 0. The molecule has 1 unspecified atom stereocenters. The summed E-state index contributed by atoms with van der Waals surface area (Å²) in [6.45, 7) is 0. The molecule has 0 radical (unpaired) electrons. The Bertz CT molecular complexity index is 559. The zero-order valence-electron chi connectivity index (χ0n) is 9.27. The Morgan fingerprint density at radius 3 is 3.00 bits per heavy atom. The SMILES string of the molecule is CSCC(N)c1ccc2c(c1)oc(=O)n2C. The van der Waals surface area contributed by atoms with Crippen molar-refractivity contribution in [1.82, 2.24) is 4.57 Å². The number of nitrogens with two attached hydrogens (primary N) is 1. The second kappa shape index (κ2) is 4.35. The molecule has 1 aromatic heterocycles. The lowest BCUT2D eigenvalue weighted by Gasteiger charge is -2.09. The third-order valence-corrected chi connectivity index (χ3v) is 3.28. The molecule has 16 heavy (non-hydrogen) atoms. The van der Waals surface area contributed by atoms with Crippen molar-refractivity contribution in [2.24, 2.45) is 12.8 Å². The highest BCUT2D eigenvalue weighted by molar-refractivity contribution is 7.98. The van der Waals surface area contributed by atoms with Gasteiger partial charge in [-0.25, -0.2) is 4.79 Å². The first-order chi connectivity index (χ1) is 7.63. The molecule has 5 heteroatoms. The van der Waals surface area contributed by atoms with Crippen LogP contribution >= 0.6 is 11.8 Å². The van der Waals surface area contributed by atoms with Crippen molar-refractivity contribution < 1.29 is 4.42 Å². The van der Waals surface area contributed by atoms with Gasteiger partial charge < -0.3 is 10.2 Å². The molecule has 1 atom stereocenters. The molecule has 1 heterocycles. The summed E-state index contributed by atoms with van der Waals surface area (Å²) in [6.07, 6.45) is 2.01. The summed E-state index contributed by atoms with van der Waals surface area (Å²) in [4.78, 5) is 11.3. The van der Waals surface area contributed by atoms with E-state index in [1.807, 2.05) is 24.5 Å². The Morgan fingerprint density at radius 2 is 2.31 bits per heavy atom. The number of nitrogens with zero attached hydrogens (tertiary/aromatic N) is 1. The molecule has 0 aliphatic rings. The van der Waals surface area contributed by atoms with E-state index in [0.717, 1.165) is 16.8 Å². The molecule has 0 bridgehead atoms. The predicted molar refractivity (Wildman–Crippen MR) is 66.8 cm³/mol. The maximum atomic E-state index is 11.3. The molecule has 0 amide bonds. The molecule has 0 saturated heterocycles. The fourth-order valence-corrected chi connectivity index (χ4v) is 2.21. The maximum absolute atomic E-state index is 11.3. The van der Waals surface area contributed by atoms with E-state index in [1.54, 1.807) is 18.8 Å². The molecule has 2 N–H and O–H groups in total. The number of thioether (sulfide) groups is 1. The summed E-state index contributed by atoms with van der Waals surface area (Å²) in [5.74, 6) is 0.508. The normalized spacial score (nSPS) is 13.2. The fourth-order valence-electron chi connectivity index (χ4n) is 1.66. The van der Waals surface area contributed by atoms with Crippen molar-refractivity contribution in [3.05, 3.63) is 34.3 Å². The highest BCUT2D eigenvalue weighted by Gasteiger charge is 2.10. The molecular formula is C11H14N2O2S. The zero-order chi connectivity index (χ0) is 11.7. The van der Waals surface area contributed by atoms with Gasteiger partial charge in [0.1, 0.15) is 0 Å². The van der Waals surface area contributed by atoms with E-state index in [0.29, 0.717) is 5.58 Å². The third-order valence-electron chi connectivity index (χ3n) is 2.59. The fraction of sp³-hybridized carbons (Fsp3) is 0.364. The average Bonchev–Trinajstić information content (AvgIpc) is 2.55. The second-order valence-corrected chi connectivity index (χ2v) is 4.63. The van der Waals surface area contributed by atoms with Crippen molar-refractivity contribution in [3.8, 4) is 0 Å². The first kappa shape index (κ1) is 11.3. The predicted octanol–water partition coefficient (Wildman–Crippen LogP) is 1.49. The lowest BCUT2D eigenvalue weighted by molar-refractivity contribution is 0.527. The van der Waals surface area contributed by atoms with Gasteiger partial charge in [0.2, 0.25) is 0 Å². The third kappa shape index (κ3) is 1.88. The second-order valence-electron chi connectivity index (χ2n) is 3.72. The monoisotopic (exact) mass is 238 g/mol. The van der Waals surface area contributed by atoms with E-state index in [1.165, 1.54) is 4.57 Å². The summed E-state index contributed by atoms with van der Waals surface area (Å²) in [6, 6.07) is 5.64. The average molecular weight is 238 g/mol. The van der Waals surface area contributed by atoms with Crippen LogP contribution in [-0.2, 0) is 7.05 Å². The summed E-state index contributed by atoms with van der Waals surface area (Å²) >= 11 is 1.70. The number of benzene rings is 1. The number of rotatable bonds is 3. The van der Waals surface area contributed by atoms with Gasteiger partial charge in [-0.1, -0.05) is 6.07 Å². The molecular weight excluding hydrogens is 224 g/mol. The van der Waals surface area contributed by atoms with Crippen LogP contribution in [-0.4, -0.2) is 16.6 Å². The van der Waals surface area contributed by atoms with Crippen molar-refractivity contribution in [2.75, 3.05) is 12.0 Å². The minimum Gasteiger partial charge on any atom is -0.408 e. The number of hydrogen-bond acceptors (Lipinski definition) is 4. The van der Waals surface area contributed by atoms with E-state index in [2.05, 4.69) is 0 Å². The Balaban J connectivity index is 2.48. The number of hydrogen-bond donors (Lipinski definition) is 1. The molecule has 2 rings (SSSR count). The first-order valence-electron chi connectivity index (χ1n) is 4.97. The van der Waals surface area contributed by atoms with Crippen molar-refractivity contribution in [1.29, 1.82) is 0 Å². The number of aromatic nitrogens is 1. The molecule has 0 saturated carbocycles. The van der Waals surface area contributed by atoms with Crippen LogP contribution < -0.4 is 11.5 Å². The quantitative estimate of drug-likeness (QED) is 0.880. The number of oxazole rings is 1. The van der Waals surface area contributed by atoms with Gasteiger partial charge in [-0.15, -0.1) is 0 Å². The number of aryl methyl sites for hydroxylation is 1. The van der Waals surface area contributed by atoms with Crippen molar-refractivity contribution >= 4 is 22.9 Å². The van der Waals surface area contributed by atoms with Gasteiger partial charge in [0.25, 0.3) is 0 Å². The summed E-state index contributed by atoms with van der Waals surface area (Å²) in [5.41, 5.74) is 8.39. The zero-order valence-corrected chi connectivity index (χ0v) is 10.1. The summed E-state index contributed by atoms with van der Waals surface area (Å²) in [7, 11) is 1.69. The van der Waals surface area contributed by atoms with Crippen LogP contribution in [0.25, 0.3) is 11.1 Å². The Labute approximate surface area is 97.4 Å². The largest absolute Gasteiger partial charge is 0.419 e. The van der Waals surface area contributed by atoms with Crippen LogP contribution in [0, 0.1) is 0 Å². The van der Waals surface area contributed by atoms with Crippen LogP contribution in [0.5, 0.6) is 0 Å². The highest BCUT2D eigenvalue weighted by atomic mass is 32.2. The van der Waals surface area contributed by atoms with E-state index in [-0.39, 0.29) is 11.8 Å². The molecule has 4 nitrogen and oxygen atoms in total. The lowest BCUT2D eigenvalue weighted by Crippen LogP contribution is -2.12. The van der Waals surface area contributed by atoms with Crippen LogP contribution in [0.1, 0.15) is 11.6 Å². The molecule has 86 valence electrons. The molecule has 1 aromatic carbocycles.